The van der Waals surface area contributed by atoms with Crippen LogP contribution in [0.2, 0.25) is 0 Å². The number of ether oxygens (including phenoxy) is 3. The van der Waals surface area contributed by atoms with Crippen molar-refractivity contribution in [3.05, 3.63) is 95.6 Å². The minimum Gasteiger partial charge on any atom is -0.488 e. The molecule has 0 amide bonds. The first-order valence-corrected chi connectivity index (χ1v) is 8.67. The third kappa shape index (κ3) is 4.01. The van der Waals surface area contributed by atoms with Crippen LogP contribution in [-0.4, -0.2) is 12.6 Å². The Morgan fingerprint density at radius 2 is 1.70 bits per heavy atom. The Labute approximate surface area is 157 Å². The normalized spacial score (nSPS) is 12.3. The summed E-state index contributed by atoms with van der Waals surface area (Å²) in [4.78, 5) is 12.7. The maximum absolute atomic E-state index is 12.7. The first kappa shape index (κ1) is 16.9. The smallest absolute Gasteiger partial charge is 0.231 e. The molecule has 0 N–H and O–H groups in total. The first-order chi connectivity index (χ1) is 13.3. The number of benzene rings is 3. The van der Waals surface area contributed by atoms with Crippen molar-refractivity contribution >= 4 is 11.9 Å². The molecule has 0 atom stereocenters. The molecule has 0 saturated heterocycles. The van der Waals surface area contributed by atoms with Crippen molar-refractivity contribution in [3.8, 4) is 17.2 Å². The summed E-state index contributed by atoms with van der Waals surface area (Å²) < 4.78 is 16.5. The third-order valence-electron chi connectivity index (χ3n) is 4.21. The zero-order valence-corrected chi connectivity index (χ0v) is 14.6. The van der Waals surface area contributed by atoms with E-state index in [2.05, 4.69) is 0 Å². The fourth-order valence-electron chi connectivity index (χ4n) is 2.81. The average molecular weight is 358 g/mol. The van der Waals surface area contributed by atoms with Crippen LogP contribution in [-0.2, 0) is 6.61 Å². The number of rotatable bonds is 6. The summed E-state index contributed by atoms with van der Waals surface area (Å²) in [6, 6.07) is 22.7. The van der Waals surface area contributed by atoms with Crippen molar-refractivity contribution in [1.29, 1.82) is 0 Å². The number of hydrogen-bond acceptors (Lipinski definition) is 4. The molecule has 0 unspecified atom stereocenters. The van der Waals surface area contributed by atoms with Gasteiger partial charge in [0.1, 0.15) is 12.4 Å². The van der Waals surface area contributed by atoms with Crippen LogP contribution in [0.15, 0.2) is 78.9 Å². The van der Waals surface area contributed by atoms with E-state index in [1.165, 1.54) is 0 Å². The number of carbonyl (C=O) groups is 1. The van der Waals surface area contributed by atoms with Crippen molar-refractivity contribution < 1.29 is 19.0 Å². The van der Waals surface area contributed by atoms with Crippen LogP contribution in [0.4, 0.5) is 0 Å². The molecule has 1 aliphatic heterocycles. The maximum Gasteiger partial charge on any atom is 0.231 e. The van der Waals surface area contributed by atoms with E-state index in [-0.39, 0.29) is 12.6 Å². The van der Waals surface area contributed by atoms with Crippen LogP contribution in [0.25, 0.3) is 6.08 Å². The zero-order valence-electron chi connectivity index (χ0n) is 14.6. The molecule has 27 heavy (non-hydrogen) atoms. The zero-order chi connectivity index (χ0) is 18.5. The molecule has 0 bridgehead atoms. The van der Waals surface area contributed by atoms with Crippen LogP contribution >= 0.6 is 0 Å². The van der Waals surface area contributed by atoms with Gasteiger partial charge in [-0.1, -0.05) is 54.6 Å². The summed E-state index contributed by atoms with van der Waals surface area (Å²) in [6.07, 6.45) is 3.31. The number of fused-ring (bicyclic) bond motifs is 1. The molecule has 0 aliphatic carbocycles. The van der Waals surface area contributed by atoms with E-state index in [0.29, 0.717) is 23.7 Å². The predicted molar refractivity (Wildman–Crippen MR) is 103 cm³/mol. The molecule has 0 saturated carbocycles. The molecular formula is C23H18O4. The quantitative estimate of drug-likeness (QED) is 0.465. The molecule has 4 nitrogen and oxygen atoms in total. The summed E-state index contributed by atoms with van der Waals surface area (Å²) in [6.45, 7) is 0.643. The number of ketones is 1. The minimum absolute atomic E-state index is 0.115. The van der Waals surface area contributed by atoms with E-state index < -0.39 is 0 Å². The van der Waals surface area contributed by atoms with Crippen LogP contribution in [0.1, 0.15) is 21.5 Å². The Bertz CT molecular complexity index is 977. The Balaban J connectivity index is 1.48. The Kier molecular flexibility index (Phi) is 4.88. The second kappa shape index (κ2) is 7.79. The van der Waals surface area contributed by atoms with Gasteiger partial charge in [0.2, 0.25) is 6.79 Å². The van der Waals surface area contributed by atoms with Gasteiger partial charge in [0.05, 0.1) is 5.56 Å². The van der Waals surface area contributed by atoms with Crippen molar-refractivity contribution in [2.24, 2.45) is 0 Å². The lowest BCUT2D eigenvalue weighted by Crippen LogP contribution is -2.02. The molecule has 0 aromatic heterocycles. The highest BCUT2D eigenvalue weighted by molar-refractivity contribution is 6.08. The van der Waals surface area contributed by atoms with E-state index in [0.717, 1.165) is 16.9 Å². The lowest BCUT2D eigenvalue weighted by molar-refractivity contribution is 0.104. The number of para-hydroxylation sites is 1. The highest BCUT2D eigenvalue weighted by Gasteiger charge is 2.13. The fourth-order valence-corrected chi connectivity index (χ4v) is 2.81. The van der Waals surface area contributed by atoms with E-state index in [4.69, 9.17) is 14.2 Å². The molecule has 134 valence electrons. The van der Waals surface area contributed by atoms with Crippen molar-refractivity contribution in [1.82, 2.24) is 0 Å². The van der Waals surface area contributed by atoms with Gasteiger partial charge in [-0.05, 0) is 41.5 Å². The second-order valence-electron chi connectivity index (χ2n) is 6.08. The molecular weight excluding hydrogens is 340 g/mol. The van der Waals surface area contributed by atoms with Gasteiger partial charge in [-0.15, -0.1) is 0 Å². The molecule has 1 heterocycles. The van der Waals surface area contributed by atoms with Crippen LogP contribution in [0, 0.1) is 0 Å². The van der Waals surface area contributed by atoms with Gasteiger partial charge in [-0.25, -0.2) is 0 Å². The average Bonchev–Trinajstić information content (AvgIpc) is 3.19. The summed E-state index contributed by atoms with van der Waals surface area (Å²) in [5.41, 5.74) is 2.45. The highest BCUT2D eigenvalue weighted by atomic mass is 16.7. The van der Waals surface area contributed by atoms with Crippen LogP contribution in [0.5, 0.6) is 17.2 Å². The second-order valence-corrected chi connectivity index (χ2v) is 6.08. The molecule has 4 heteroatoms. The number of carbonyl (C=O) groups excluding carboxylic acids is 1. The van der Waals surface area contributed by atoms with Gasteiger partial charge in [0, 0.05) is 0 Å². The summed E-state index contributed by atoms with van der Waals surface area (Å²) >= 11 is 0. The van der Waals surface area contributed by atoms with E-state index in [1.54, 1.807) is 18.2 Å². The largest absolute Gasteiger partial charge is 0.488 e. The highest BCUT2D eigenvalue weighted by Crippen LogP contribution is 2.33. The molecule has 0 radical (unpaired) electrons. The predicted octanol–water partition coefficient (Wildman–Crippen LogP) is 4.89. The Morgan fingerprint density at radius 1 is 0.926 bits per heavy atom. The first-order valence-electron chi connectivity index (χ1n) is 8.67. The van der Waals surface area contributed by atoms with Gasteiger partial charge in [0.25, 0.3) is 0 Å². The van der Waals surface area contributed by atoms with Gasteiger partial charge < -0.3 is 14.2 Å². The lowest BCUT2D eigenvalue weighted by Gasteiger charge is -2.09. The SMILES string of the molecule is O=C(C=Cc1ccc2c(c1)OCO2)c1ccccc1OCc1ccccc1. The van der Waals surface area contributed by atoms with Crippen molar-refractivity contribution in [3.63, 3.8) is 0 Å². The van der Waals surface area contributed by atoms with E-state index in [9.17, 15) is 4.79 Å². The number of hydrogen-bond donors (Lipinski definition) is 0. The van der Waals surface area contributed by atoms with E-state index in [1.807, 2.05) is 66.7 Å². The van der Waals surface area contributed by atoms with Gasteiger partial charge >= 0.3 is 0 Å². The van der Waals surface area contributed by atoms with Crippen LogP contribution < -0.4 is 14.2 Å². The number of allylic oxidation sites excluding steroid dienone is 1. The molecule has 3 aromatic carbocycles. The van der Waals surface area contributed by atoms with Crippen LogP contribution in [0.3, 0.4) is 0 Å². The third-order valence-corrected chi connectivity index (χ3v) is 4.21. The topological polar surface area (TPSA) is 44.8 Å². The molecule has 0 fully saturated rings. The monoisotopic (exact) mass is 358 g/mol. The fraction of sp³-hybridized carbons (Fsp3) is 0.0870. The van der Waals surface area contributed by atoms with Gasteiger partial charge in [-0.2, -0.15) is 0 Å². The van der Waals surface area contributed by atoms with Crippen molar-refractivity contribution in [2.45, 2.75) is 6.61 Å². The molecule has 3 aromatic rings. The van der Waals surface area contributed by atoms with Crippen molar-refractivity contribution in [2.75, 3.05) is 6.79 Å². The summed E-state index contributed by atoms with van der Waals surface area (Å²) in [7, 11) is 0. The summed E-state index contributed by atoms with van der Waals surface area (Å²) in [5.74, 6) is 1.87. The lowest BCUT2D eigenvalue weighted by atomic mass is 10.1. The molecule has 0 spiro atoms. The molecule has 4 rings (SSSR count). The Hall–Kier alpha value is -3.53. The Morgan fingerprint density at radius 3 is 2.59 bits per heavy atom. The van der Waals surface area contributed by atoms with Gasteiger partial charge in [-0.3, -0.25) is 4.79 Å². The molecule has 1 aliphatic rings. The minimum atomic E-state index is -0.115. The maximum atomic E-state index is 12.7. The summed E-state index contributed by atoms with van der Waals surface area (Å²) in [5, 5.41) is 0. The standard InChI is InChI=1S/C23H18O4/c24-20(12-10-17-11-13-22-23(14-17)27-16-26-22)19-8-4-5-9-21(19)25-15-18-6-2-1-3-7-18/h1-14H,15-16H2. The van der Waals surface area contributed by atoms with Gasteiger partial charge in [0.15, 0.2) is 17.3 Å². The van der Waals surface area contributed by atoms with E-state index >= 15 is 0 Å².